The summed E-state index contributed by atoms with van der Waals surface area (Å²) in [5.74, 6) is 2.11. The van der Waals surface area contributed by atoms with E-state index in [0.717, 1.165) is 37.7 Å². The van der Waals surface area contributed by atoms with Gasteiger partial charge >= 0.3 is 6.03 Å². The Morgan fingerprint density at radius 1 is 1.04 bits per heavy atom. The number of nitrogens with one attached hydrogen (secondary N) is 1. The molecule has 0 radical (unpaired) electrons. The van der Waals surface area contributed by atoms with E-state index < -0.39 is 0 Å². The van der Waals surface area contributed by atoms with Crippen LogP contribution < -0.4 is 5.32 Å². The molecule has 0 aliphatic carbocycles. The maximum atomic E-state index is 12.4. The van der Waals surface area contributed by atoms with E-state index >= 15 is 0 Å². The first-order chi connectivity index (χ1) is 11.3. The molecule has 23 heavy (non-hydrogen) atoms. The first-order valence-corrected chi connectivity index (χ1v) is 9.89. The first-order valence-electron chi connectivity index (χ1n) is 8.74. The standard InChI is InChI=1S/C18H27N3OS/c22-18(21-11-13-23-14-12-21)19-15-17(16-7-3-1-4-8-16)20-9-5-2-6-10-20/h1,3-4,7-8,17H,2,5-6,9-15H2,(H,19,22). The summed E-state index contributed by atoms with van der Waals surface area (Å²) in [5.41, 5.74) is 1.31. The van der Waals surface area contributed by atoms with Gasteiger partial charge in [-0.15, -0.1) is 0 Å². The summed E-state index contributed by atoms with van der Waals surface area (Å²) in [6.07, 6.45) is 3.86. The summed E-state index contributed by atoms with van der Waals surface area (Å²) < 4.78 is 0. The zero-order chi connectivity index (χ0) is 15.9. The number of hydrogen-bond donors (Lipinski definition) is 1. The minimum Gasteiger partial charge on any atom is -0.336 e. The Morgan fingerprint density at radius 2 is 1.74 bits per heavy atom. The second-order valence-corrected chi connectivity index (χ2v) is 7.53. The maximum Gasteiger partial charge on any atom is 0.317 e. The van der Waals surface area contributed by atoms with Gasteiger partial charge in [0.05, 0.1) is 6.04 Å². The van der Waals surface area contributed by atoms with Gasteiger partial charge < -0.3 is 10.2 Å². The van der Waals surface area contributed by atoms with Gasteiger partial charge in [-0.25, -0.2) is 4.79 Å². The summed E-state index contributed by atoms with van der Waals surface area (Å²) in [5, 5.41) is 3.18. The van der Waals surface area contributed by atoms with Crippen LogP contribution in [0, 0.1) is 0 Å². The molecule has 2 aliphatic heterocycles. The van der Waals surface area contributed by atoms with Gasteiger partial charge in [-0.3, -0.25) is 4.90 Å². The number of amides is 2. The number of benzene rings is 1. The number of likely N-dealkylation sites (tertiary alicyclic amines) is 1. The summed E-state index contributed by atoms with van der Waals surface area (Å²) in [7, 11) is 0. The number of carbonyl (C=O) groups is 1. The molecule has 3 rings (SSSR count). The smallest absolute Gasteiger partial charge is 0.317 e. The Morgan fingerprint density at radius 3 is 2.43 bits per heavy atom. The lowest BCUT2D eigenvalue weighted by Gasteiger charge is -2.35. The van der Waals surface area contributed by atoms with E-state index in [9.17, 15) is 4.79 Å². The average Bonchev–Trinajstić information content (AvgIpc) is 2.64. The molecule has 0 saturated carbocycles. The lowest BCUT2D eigenvalue weighted by molar-refractivity contribution is 0.155. The van der Waals surface area contributed by atoms with Crippen LogP contribution in [0.3, 0.4) is 0 Å². The molecule has 1 unspecified atom stereocenters. The molecule has 5 heteroatoms. The van der Waals surface area contributed by atoms with E-state index in [-0.39, 0.29) is 6.03 Å². The summed E-state index contributed by atoms with van der Waals surface area (Å²) in [6, 6.07) is 11.0. The Hall–Kier alpha value is -1.20. The van der Waals surface area contributed by atoms with Crippen LogP contribution in [0.1, 0.15) is 30.9 Å². The third kappa shape index (κ3) is 4.64. The van der Waals surface area contributed by atoms with Gasteiger partial charge in [0.1, 0.15) is 0 Å². The third-order valence-electron chi connectivity index (χ3n) is 4.76. The van der Waals surface area contributed by atoms with Crippen molar-refractivity contribution in [3.05, 3.63) is 35.9 Å². The Kier molecular flexibility index (Phi) is 6.22. The van der Waals surface area contributed by atoms with Crippen molar-refractivity contribution in [2.24, 2.45) is 0 Å². The van der Waals surface area contributed by atoms with E-state index in [1.807, 2.05) is 16.7 Å². The van der Waals surface area contributed by atoms with Crippen LogP contribution >= 0.6 is 11.8 Å². The van der Waals surface area contributed by atoms with Crippen LogP contribution in [0.15, 0.2) is 30.3 Å². The number of thioether (sulfide) groups is 1. The lowest BCUT2D eigenvalue weighted by atomic mass is 10.0. The molecular weight excluding hydrogens is 306 g/mol. The highest BCUT2D eigenvalue weighted by molar-refractivity contribution is 7.99. The number of carbonyl (C=O) groups excluding carboxylic acids is 1. The maximum absolute atomic E-state index is 12.4. The highest BCUT2D eigenvalue weighted by Crippen LogP contribution is 2.24. The van der Waals surface area contributed by atoms with Crippen molar-refractivity contribution in [2.45, 2.75) is 25.3 Å². The van der Waals surface area contributed by atoms with Crippen LogP contribution in [-0.2, 0) is 0 Å². The predicted octanol–water partition coefficient (Wildman–Crippen LogP) is 2.97. The highest BCUT2D eigenvalue weighted by Gasteiger charge is 2.24. The Bertz CT molecular complexity index is 484. The van der Waals surface area contributed by atoms with Gasteiger partial charge in [-0.05, 0) is 31.5 Å². The first kappa shape index (κ1) is 16.7. The lowest BCUT2D eigenvalue weighted by Crippen LogP contribution is -2.47. The summed E-state index contributed by atoms with van der Waals surface area (Å²) in [4.78, 5) is 16.9. The molecule has 1 aromatic rings. The van der Waals surface area contributed by atoms with Crippen LogP contribution in [0.5, 0.6) is 0 Å². The molecule has 4 nitrogen and oxygen atoms in total. The van der Waals surface area contributed by atoms with Crippen molar-refractivity contribution in [1.82, 2.24) is 15.1 Å². The highest BCUT2D eigenvalue weighted by atomic mass is 32.2. The van der Waals surface area contributed by atoms with E-state index in [1.54, 1.807) is 0 Å². The fourth-order valence-electron chi connectivity index (χ4n) is 3.43. The fraction of sp³-hybridized carbons (Fsp3) is 0.611. The van der Waals surface area contributed by atoms with E-state index in [4.69, 9.17) is 0 Å². The second kappa shape index (κ2) is 8.60. The third-order valence-corrected chi connectivity index (χ3v) is 5.70. The number of urea groups is 1. The van der Waals surface area contributed by atoms with Crippen LogP contribution in [-0.4, -0.2) is 60.1 Å². The molecule has 0 spiro atoms. The largest absolute Gasteiger partial charge is 0.336 e. The molecule has 2 amide bonds. The van der Waals surface area contributed by atoms with Crippen LogP contribution in [0.2, 0.25) is 0 Å². The molecule has 2 saturated heterocycles. The van der Waals surface area contributed by atoms with Gasteiger partial charge in [0.25, 0.3) is 0 Å². The fourth-order valence-corrected chi connectivity index (χ4v) is 4.33. The van der Waals surface area contributed by atoms with E-state index in [0.29, 0.717) is 12.6 Å². The predicted molar refractivity (Wildman–Crippen MR) is 96.9 cm³/mol. The van der Waals surface area contributed by atoms with Gasteiger partial charge in [0.15, 0.2) is 0 Å². The molecule has 1 N–H and O–H groups in total. The number of rotatable bonds is 4. The minimum absolute atomic E-state index is 0.100. The SMILES string of the molecule is O=C(NCC(c1ccccc1)N1CCCCC1)N1CCSCC1. The number of hydrogen-bond acceptors (Lipinski definition) is 3. The topological polar surface area (TPSA) is 35.6 Å². The summed E-state index contributed by atoms with van der Waals surface area (Å²) >= 11 is 1.93. The molecule has 1 atom stereocenters. The molecule has 2 aliphatic rings. The van der Waals surface area contributed by atoms with Crippen molar-refractivity contribution in [2.75, 3.05) is 44.2 Å². The number of nitrogens with zero attached hydrogens (tertiary/aromatic N) is 2. The van der Waals surface area contributed by atoms with Gasteiger partial charge in [0.2, 0.25) is 0 Å². The van der Waals surface area contributed by atoms with Gasteiger partial charge in [-0.1, -0.05) is 36.8 Å². The zero-order valence-electron chi connectivity index (χ0n) is 13.7. The zero-order valence-corrected chi connectivity index (χ0v) is 14.6. The van der Waals surface area contributed by atoms with Crippen molar-refractivity contribution >= 4 is 17.8 Å². The molecule has 0 aromatic heterocycles. The average molecular weight is 334 g/mol. The van der Waals surface area contributed by atoms with E-state index in [1.165, 1.54) is 24.8 Å². The van der Waals surface area contributed by atoms with E-state index in [2.05, 4.69) is 40.5 Å². The molecule has 2 heterocycles. The van der Waals surface area contributed by atoms with Gasteiger partial charge in [-0.2, -0.15) is 11.8 Å². The number of piperidine rings is 1. The molecule has 0 bridgehead atoms. The monoisotopic (exact) mass is 333 g/mol. The van der Waals surface area contributed by atoms with Crippen LogP contribution in [0.25, 0.3) is 0 Å². The normalized spacial score (nSPS) is 21.0. The molecular formula is C18H27N3OS. The molecule has 2 fully saturated rings. The van der Waals surface area contributed by atoms with Crippen molar-refractivity contribution in [3.63, 3.8) is 0 Å². The van der Waals surface area contributed by atoms with Crippen molar-refractivity contribution in [1.29, 1.82) is 0 Å². The van der Waals surface area contributed by atoms with Gasteiger partial charge in [0, 0.05) is 31.1 Å². The summed E-state index contributed by atoms with van der Waals surface area (Å²) in [6.45, 7) is 4.71. The molecule has 126 valence electrons. The van der Waals surface area contributed by atoms with Crippen molar-refractivity contribution < 1.29 is 4.79 Å². The Balaban J connectivity index is 1.62. The van der Waals surface area contributed by atoms with Crippen molar-refractivity contribution in [3.8, 4) is 0 Å². The minimum atomic E-state index is 0.100. The quantitative estimate of drug-likeness (QED) is 0.920. The molecule has 1 aromatic carbocycles. The second-order valence-electron chi connectivity index (χ2n) is 6.31. The Labute approximate surface area is 143 Å². The van der Waals surface area contributed by atoms with Crippen LogP contribution in [0.4, 0.5) is 4.79 Å².